The molecule has 1 amide bonds. The molecule has 2 aliphatic carbocycles. The molecule has 1 unspecified atom stereocenters. The number of rotatable bonds is 8. The molecule has 0 bridgehead atoms. The molecule has 3 atom stereocenters. The van der Waals surface area contributed by atoms with Gasteiger partial charge in [-0.1, -0.05) is 6.07 Å². The zero-order chi connectivity index (χ0) is 28.0. The maximum atomic E-state index is 13.3. The number of halogens is 2. The van der Waals surface area contributed by atoms with E-state index in [-0.39, 0.29) is 46.4 Å². The van der Waals surface area contributed by atoms with Gasteiger partial charge in [0.2, 0.25) is 0 Å². The number of hydrogen-bond donors (Lipinski definition) is 3. The standard InChI is InChI=1S/C27H26F2N8O3/c1-30-23-11-21(35-25-17(13-32-37(23)25)26(38)34-18-6-7-20(18)40-2)33-19-4-3-9-36(27(19)39)22-8-5-14(12-31-22)15-10-16(15)24(28)29/h3-5,8-9,11-13,15,18,20,30H,6-7,10H2,1-2H3,(H,33,35)(H,34,38)/t15?,18-,20-/m1/s1. The Morgan fingerprint density at radius 2 is 2.02 bits per heavy atom. The third-order valence-electron chi connectivity index (χ3n) is 7.36. The Kier molecular flexibility index (Phi) is 6.50. The van der Waals surface area contributed by atoms with Crippen molar-refractivity contribution in [3.63, 3.8) is 0 Å². The van der Waals surface area contributed by atoms with Gasteiger partial charge in [0, 0.05) is 44.1 Å². The number of ether oxygens (including phenoxy) is 1. The van der Waals surface area contributed by atoms with Crippen LogP contribution in [-0.2, 0) is 4.74 Å². The fourth-order valence-corrected chi connectivity index (χ4v) is 4.87. The molecule has 2 aliphatic rings. The van der Waals surface area contributed by atoms with E-state index < -0.39 is 6.08 Å². The summed E-state index contributed by atoms with van der Waals surface area (Å²) in [5.74, 6) is 0.599. The molecule has 3 N–H and O–H groups in total. The molecule has 4 aromatic rings. The molecule has 206 valence electrons. The molecule has 0 aliphatic heterocycles. The summed E-state index contributed by atoms with van der Waals surface area (Å²) >= 11 is 0. The van der Waals surface area contributed by atoms with Gasteiger partial charge in [-0.15, -0.1) is 0 Å². The normalized spacial score (nSPS) is 19.7. The smallest absolute Gasteiger partial charge is 0.279 e. The summed E-state index contributed by atoms with van der Waals surface area (Å²) in [5, 5.41) is 13.4. The first-order valence-electron chi connectivity index (χ1n) is 12.8. The fourth-order valence-electron chi connectivity index (χ4n) is 4.87. The van der Waals surface area contributed by atoms with E-state index in [1.165, 1.54) is 21.5 Å². The first-order chi connectivity index (χ1) is 19.4. The SMILES string of the molecule is CNc1cc(Nc2cccn(-c3ccc(C4CC4=C(F)F)cn3)c2=O)nc2c(C(=O)N[C@@H]3CC[C@H]3OC)cnn12. The summed E-state index contributed by atoms with van der Waals surface area (Å²) in [5.41, 5.74) is 1.25. The summed E-state index contributed by atoms with van der Waals surface area (Å²) in [4.78, 5) is 35.3. The molecule has 2 fully saturated rings. The number of carbonyl (C=O) groups excluding carboxylic acids is 1. The van der Waals surface area contributed by atoms with Crippen molar-refractivity contribution in [3.05, 3.63) is 82.1 Å². The molecule has 2 saturated carbocycles. The average molecular weight is 549 g/mol. The maximum Gasteiger partial charge on any atom is 0.279 e. The first kappa shape index (κ1) is 25.6. The Morgan fingerprint density at radius 3 is 2.67 bits per heavy atom. The van der Waals surface area contributed by atoms with Gasteiger partial charge in [-0.2, -0.15) is 18.4 Å². The highest BCUT2D eigenvalue weighted by atomic mass is 19.3. The molecule has 6 rings (SSSR count). The Bertz CT molecular complexity index is 1690. The molecule has 40 heavy (non-hydrogen) atoms. The monoisotopic (exact) mass is 548 g/mol. The van der Waals surface area contributed by atoms with E-state index in [1.807, 2.05) is 0 Å². The van der Waals surface area contributed by atoms with Crippen LogP contribution in [0, 0.1) is 0 Å². The number of nitrogens with zero attached hydrogens (tertiary/aromatic N) is 5. The van der Waals surface area contributed by atoms with E-state index in [2.05, 4.69) is 31.0 Å². The predicted octanol–water partition coefficient (Wildman–Crippen LogP) is 3.61. The number of amides is 1. The number of fused-ring (bicyclic) bond motifs is 1. The number of anilines is 3. The summed E-state index contributed by atoms with van der Waals surface area (Å²) in [6.45, 7) is 0. The Morgan fingerprint density at radius 1 is 1.18 bits per heavy atom. The topological polar surface area (TPSA) is 127 Å². The van der Waals surface area contributed by atoms with Crippen LogP contribution in [0.1, 0.15) is 41.1 Å². The number of carbonyl (C=O) groups is 1. The van der Waals surface area contributed by atoms with E-state index in [1.54, 1.807) is 50.7 Å². The van der Waals surface area contributed by atoms with Gasteiger partial charge in [0.25, 0.3) is 17.5 Å². The van der Waals surface area contributed by atoms with E-state index in [4.69, 9.17) is 4.74 Å². The summed E-state index contributed by atoms with van der Waals surface area (Å²) in [6, 6.07) is 8.21. The van der Waals surface area contributed by atoms with Crippen LogP contribution in [0.25, 0.3) is 11.5 Å². The second kappa shape index (κ2) is 10.2. The lowest BCUT2D eigenvalue weighted by Crippen LogP contribution is -2.51. The van der Waals surface area contributed by atoms with E-state index >= 15 is 0 Å². The largest absolute Gasteiger partial charge is 0.379 e. The van der Waals surface area contributed by atoms with Crippen molar-refractivity contribution in [3.8, 4) is 5.82 Å². The molecule has 4 aromatic heterocycles. The van der Waals surface area contributed by atoms with Crippen LogP contribution in [0.4, 0.5) is 26.1 Å². The molecule has 0 saturated heterocycles. The maximum absolute atomic E-state index is 13.3. The third-order valence-corrected chi connectivity index (χ3v) is 7.36. The van der Waals surface area contributed by atoms with Gasteiger partial charge in [-0.25, -0.2) is 9.97 Å². The van der Waals surface area contributed by atoms with Crippen LogP contribution in [0.3, 0.4) is 0 Å². The first-order valence-corrected chi connectivity index (χ1v) is 12.8. The summed E-state index contributed by atoms with van der Waals surface area (Å²) in [6.07, 6.45) is 4.93. The van der Waals surface area contributed by atoms with Crippen molar-refractivity contribution in [1.82, 2.24) is 29.5 Å². The van der Waals surface area contributed by atoms with Crippen molar-refractivity contribution in [2.75, 3.05) is 24.8 Å². The Balaban J connectivity index is 1.27. The molecule has 0 radical (unpaired) electrons. The van der Waals surface area contributed by atoms with Crippen molar-refractivity contribution in [1.29, 1.82) is 0 Å². The average Bonchev–Trinajstić information content (AvgIpc) is 3.64. The van der Waals surface area contributed by atoms with Crippen LogP contribution >= 0.6 is 0 Å². The van der Waals surface area contributed by atoms with Crippen molar-refractivity contribution >= 4 is 28.9 Å². The molecule has 0 spiro atoms. The third kappa shape index (κ3) is 4.57. The number of nitrogens with one attached hydrogen (secondary N) is 3. The number of methoxy groups -OCH3 is 1. The summed E-state index contributed by atoms with van der Waals surface area (Å²) < 4.78 is 33.9. The zero-order valence-electron chi connectivity index (χ0n) is 21.7. The van der Waals surface area contributed by atoms with Gasteiger partial charge >= 0.3 is 0 Å². The zero-order valence-corrected chi connectivity index (χ0v) is 21.7. The number of hydrogen-bond acceptors (Lipinski definition) is 8. The minimum atomic E-state index is -1.64. The molecular weight excluding hydrogens is 522 g/mol. The Hall–Kier alpha value is -4.65. The second-order valence-electron chi connectivity index (χ2n) is 9.72. The Labute approximate surface area is 226 Å². The van der Waals surface area contributed by atoms with Crippen molar-refractivity contribution in [2.24, 2.45) is 0 Å². The van der Waals surface area contributed by atoms with E-state index in [0.29, 0.717) is 35.1 Å². The van der Waals surface area contributed by atoms with Crippen LogP contribution in [0.2, 0.25) is 0 Å². The minimum Gasteiger partial charge on any atom is -0.379 e. The number of allylic oxidation sites excluding steroid dienone is 1. The highest BCUT2D eigenvalue weighted by Crippen LogP contribution is 2.49. The van der Waals surface area contributed by atoms with Crippen molar-refractivity contribution in [2.45, 2.75) is 37.3 Å². The van der Waals surface area contributed by atoms with Crippen LogP contribution < -0.4 is 21.5 Å². The highest BCUT2D eigenvalue weighted by molar-refractivity contribution is 6.00. The van der Waals surface area contributed by atoms with E-state index in [9.17, 15) is 18.4 Å². The quantitative estimate of drug-likeness (QED) is 0.305. The van der Waals surface area contributed by atoms with Crippen LogP contribution in [0.15, 0.2) is 65.4 Å². The van der Waals surface area contributed by atoms with Gasteiger partial charge < -0.3 is 20.7 Å². The fraction of sp³-hybridized carbons (Fsp3) is 0.296. The lowest BCUT2D eigenvalue weighted by Gasteiger charge is -2.35. The lowest BCUT2D eigenvalue weighted by molar-refractivity contribution is 0.00732. The van der Waals surface area contributed by atoms with Crippen molar-refractivity contribution < 1.29 is 18.3 Å². The van der Waals surface area contributed by atoms with Gasteiger partial charge in [0.05, 0.1) is 18.3 Å². The molecule has 13 heteroatoms. The van der Waals surface area contributed by atoms with Gasteiger partial charge in [-0.05, 0) is 43.0 Å². The summed E-state index contributed by atoms with van der Waals surface area (Å²) in [7, 11) is 3.34. The highest BCUT2D eigenvalue weighted by Gasteiger charge is 2.36. The number of pyridine rings is 2. The van der Waals surface area contributed by atoms with E-state index in [0.717, 1.165) is 12.8 Å². The van der Waals surface area contributed by atoms with Crippen LogP contribution in [0.5, 0.6) is 0 Å². The van der Waals surface area contributed by atoms with Crippen LogP contribution in [-0.4, -0.2) is 56.4 Å². The van der Waals surface area contributed by atoms with Gasteiger partial charge in [0.1, 0.15) is 28.7 Å². The molecule has 0 aromatic carbocycles. The molecule has 11 nitrogen and oxygen atoms in total. The molecular formula is C27H26F2N8O3. The number of aromatic nitrogens is 5. The minimum absolute atomic E-state index is 0.0176. The second-order valence-corrected chi connectivity index (χ2v) is 9.72. The molecule has 4 heterocycles. The predicted molar refractivity (Wildman–Crippen MR) is 144 cm³/mol. The van der Waals surface area contributed by atoms with Gasteiger partial charge in [-0.3, -0.25) is 14.2 Å². The lowest BCUT2D eigenvalue weighted by atomic mass is 9.89. The van der Waals surface area contributed by atoms with Gasteiger partial charge in [0.15, 0.2) is 5.65 Å².